The second-order valence-corrected chi connectivity index (χ2v) is 6.96. The summed E-state index contributed by atoms with van der Waals surface area (Å²) >= 11 is 6.22. The molecular weight excluding hydrogens is 272 g/mol. The molecule has 0 unspecified atom stereocenters. The summed E-state index contributed by atoms with van der Waals surface area (Å²) in [6.45, 7) is 9.56. The van der Waals surface area contributed by atoms with Gasteiger partial charge in [0.25, 0.3) is 0 Å². The van der Waals surface area contributed by atoms with E-state index in [0.717, 1.165) is 36.9 Å². The van der Waals surface area contributed by atoms with Gasteiger partial charge in [-0.3, -0.25) is 4.79 Å². The Hall–Kier alpha value is -1.22. The van der Waals surface area contributed by atoms with Crippen molar-refractivity contribution >= 4 is 23.2 Å². The molecule has 1 aromatic rings. The first-order valence-corrected chi connectivity index (χ1v) is 7.52. The quantitative estimate of drug-likeness (QED) is 0.834. The van der Waals surface area contributed by atoms with Crippen molar-refractivity contribution in [2.24, 2.45) is 5.41 Å². The molecule has 4 heteroatoms. The standard InChI is InChI=1S/C16H23ClN2O/c1-16(2,3)12-15(20)19-10-8-18(9-11-19)14-7-5-4-6-13(14)17/h4-7H,8-12H2,1-3H3. The first-order valence-electron chi connectivity index (χ1n) is 7.14. The molecule has 0 aromatic heterocycles. The molecule has 0 N–H and O–H groups in total. The molecule has 1 heterocycles. The molecule has 1 fully saturated rings. The first kappa shape index (κ1) is 15.2. The number of hydrogen-bond acceptors (Lipinski definition) is 2. The lowest BCUT2D eigenvalue weighted by atomic mass is 9.91. The first-order chi connectivity index (χ1) is 9.37. The summed E-state index contributed by atoms with van der Waals surface area (Å²) < 4.78 is 0. The van der Waals surface area contributed by atoms with Crippen molar-refractivity contribution in [2.45, 2.75) is 27.2 Å². The number of benzene rings is 1. The van der Waals surface area contributed by atoms with E-state index in [0.29, 0.717) is 6.42 Å². The van der Waals surface area contributed by atoms with Crippen LogP contribution < -0.4 is 4.90 Å². The summed E-state index contributed by atoms with van der Waals surface area (Å²) in [5, 5.41) is 0.780. The van der Waals surface area contributed by atoms with Gasteiger partial charge < -0.3 is 9.80 Å². The molecule has 0 bridgehead atoms. The van der Waals surface area contributed by atoms with Crippen molar-refractivity contribution in [1.82, 2.24) is 4.90 Å². The third-order valence-electron chi connectivity index (χ3n) is 3.51. The summed E-state index contributed by atoms with van der Waals surface area (Å²) in [4.78, 5) is 16.4. The van der Waals surface area contributed by atoms with Crippen molar-refractivity contribution in [3.8, 4) is 0 Å². The maximum absolute atomic E-state index is 12.2. The van der Waals surface area contributed by atoms with Gasteiger partial charge in [0.2, 0.25) is 5.91 Å². The van der Waals surface area contributed by atoms with E-state index in [-0.39, 0.29) is 11.3 Å². The molecule has 2 rings (SSSR count). The van der Waals surface area contributed by atoms with E-state index in [1.54, 1.807) is 0 Å². The minimum atomic E-state index is 0.0525. The smallest absolute Gasteiger partial charge is 0.223 e. The van der Waals surface area contributed by atoms with Crippen LogP contribution in [0, 0.1) is 5.41 Å². The lowest BCUT2D eigenvalue weighted by Crippen LogP contribution is -2.49. The molecule has 0 atom stereocenters. The predicted octanol–water partition coefficient (Wildman–Crippen LogP) is 3.42. The van der Waals surface area contributed by atoms with Crippen LogP contribution in [-0.4, -0.2) is 37.0 Å². The zero-order valence-electron chi connectivity index (χ0n) is 12.5. The van der Waals surface area contributed by atoms with Crippen LogP contribution in [0.5, 0.6) is 0 Å². The number of amides is 1. The number of carbonyl (C=O) groups is 1. The largest absolute Gasteiger partial charge is 0.367 e. The van der Waals surface area contributed by atoms with Crippen LogP contribution in [0.15, 0.2) is 24.3 Å². The molecule has 1 aliphatic heterocycles. The second kappa shape index (κ2) is 6.04. The number of hydrogen-bond donors (Lipinski definition) is 0. The lowest BCUT2D eigenvalue weighted by Gasteiger charge is -2.37. The van der Waals surface area contributed by atoms with Crippen molar-refractivity contribution in [2.75, 3.05) is 31.1 Å². The SMILES string of the molecule is CC(C)(C)CC(=O)N1CCN(c2ccccc2Cl)CC1. The van der Waals surface area contributed by atoms with Gasteiger partial charge in [0.1, 0.15) is 0 Å². The van der Waals surface area contributed by atoms with E-state index in [2.05, 4.69) is 25.7 Å². The Labute approximate surface area is 126 Å². The average Bonchev–Trinajstić information content (AvgIpc) is 2.37. The predicted molar refractivity (Wildman–Crippen MR) is 84.3 cm³/mol. The monoisotopic (exact) mass is 294 g/mol. The van der Waals surface area contributed by atoms with Crippen LogP contribution in [0.2, 0.25) is 5.02 Å². The van der Waals surface area contributed by atoms with Gasteiger partial charge in [-0.25, -0.2) is 0 Å². The van der Waals surface area contributed by atoms with Gasteiger partial charge in [-0.15, -0.1) is 0 Å². The number of para-hydroxylation sites is 1. The summed E-state index contributed by atoms with van der Waals surface area (Å²) in [6.07, 6.45) is 0.610. The molecule has 0 saturated carbocycles. The highest BCUT2D eigenvalue weighted by atomic mass is 35.5. The maximum atomic E-state index is 12.2. The van der Waals surface area contributed by atoms with Gasteiger partial charge in [0.05, 0.1) is 10.7 Å². The Morgan fingerprint density at radius 2 is 1.75 bits per heavy atom. The molecular formula is C16H23ClN2O. The Morgan fingerprint density at radius 1 is 1.15 bits per heavy atom. The van der Waals surface area contributed by atoms with Gasteiger partial charge in [0.15, 0.2) is 0 Å². The normalized spacial score (nSPS) is 16.4. The van der Waals surface area contributed by atoms with Gasteiger partial charge in [-0.2, -0.15) is 0 Å². The average molecular weight is 295 g/mol. The van der Waals surface area contributed by atoms with Crippen LogP contribution in [-0.2, 0) is 4.79 Å². The van der Waals surface area contributed by atoms with E-state index in [1.807, 2.05) is 29.2 Å². The molecule has 0 radical (unpaired) electrons. The van der Waals surface area contributed by atoms with Crippen LogP contribution in [0.25, 0.3) is 0 Å². The van der Waals surface area contributed by atoms with Gasteiger partial charge >= 0.3 is 0 Å². The Balaban J connectivity index is 1.93. The third-order valence-corrected chi connectivity index (χ3v) is 3.83. The van der Waals surface area contributed by atoms with Crippen molar-refractivity contribution in [1.29, 1.82) is 0 Å². The van der Waals surface area contributed by atoms with E-state index in [9.17, 15) is 4.79 Å². The third kappa shape index (κ3) is 3.89. The van der Waals surface area contributed by atoms with E-state index < -0.39 is 0 Å². The van der Waals surface area contributed by atoms with E-state index in [4.69, 9.17) is 11.6 Å². The number of halogens is 1. The molecule has 20 heavy (non-hydrogen) atoms. The summed E-state index contributed by atoms with van der Waals surface area (Å²) in [6, 6.07) is 7.89. The molecule has 110 valence electrons. The van der Waals surface area contributed by atoms with Crippen molar-refractivity contribution in [3.05, 3.63) is 29.3 Å². The fourth-order valence-corrected chi connectivity index (χ4v) is 2.73. The Kier molecular flexibility index (Phi) is 4.59. The molecule has 0 aliphatic carbocycles. The summed E-state index contributed by atoms with van der Waals surface area (Å²) in [5.74, 6) is 0.260. The minimum Gasteiger partial charge on any atom is -0.367 e. The molecule has 1 aliphatic rings. The van der Waals surface area contributed by atoms with E-state index >= 15 is 0 Å². The topological polar surface area (TPSA) is 23.6 Å². The van der Waals surface area contributed by atoms with Crippen molar-refractivity contribution < 1.29 is 4.79 Å². The van der Waals surface area contributed by atoms with Gasteiger partial charge in [0, 0.05) is 32.6 Å². The lowest BCUT2D eigenvalue weighted by molar-refractivity contribution is -0.133. The van der Waals surface area contributed by atoms with Crippen molar-refractivity contribution in [3.63, 3.8) is 0 Å². The zero-order chi connectivity index (χ0) is 14.8. The fourth-order valence-electron chi connectivity index (χ4n) is 2.47. The fraction of sp³-hybridized carbons (Fsp3) is 0.562. The van der Waals surface area contributed by atoms with Crippen LogP contribution in [0.4, 0.5) is 5.69 Å². The highest BCUT2D eigenvalue weighted by molar-refractivity contribution is 6.33. The van der Waals surface area contributed by atoms with Crippen LogP contribution in [0.1, 0.15) is 27.2 Å². The van der Waals surface area contributed by atoms with Gasteiger partial charge in [-0.05, 0) is 17.5 Å². The zero-order valence-corrected chi connectivity index (χ0v) is 13.3. The molecule has 1 saturated heterocycles. The number of piperazine rings is 1. The second-order valence-electron chi connectivity index (χ2n) is 6.56. The number of rotatable bonds is 2. The minimum absolute atomic E-state index is 0.0525. The Morgan fingerprint density at radius 3 is 2.30 bits per heavy atom. The van der Waals surface area contributed by atoms with E-state index in [1.165, 1.54) is 0 Å². The highest BCUT2D eigenvalue weighted by Gasteiger charge is 2.25. The molecule has 1 aromatic carbocycles. The van der Waals surface area contributed by atoms with Crippen LogP contribution in [0.3, 0.4) is 0 Å². The Bertz CT molecular complexity index is 474. The highest BCUT2D eigenvalue weighted by Crippen LogP contribution is 2.26. The molecule has 1 amide bonds. The number of carbonyl (C=O) groups excluding carboxylic acids is 1. The molecule has 3 nitrogen and oxygen atoms in total. The summed E-state index contributed by atoms with van der Waals surface area (Å²) in [7, 11) is 0. The summed E-state index contributed by atoms with van der Waals surface area (Å²) in [5.41, 5.74) is 1.12. The maximum Gasteiger partial charge on any atom is 0.223 e. The number of nitrogens with zero attached hydrogens (tertiary/aromatic N) is 2. The van der Waals surface area contributed by atoms with Crippen LogP contribution >= 0.6 is 11.6 Å². The molecule has 0 spiro atoms. The number of anilines is 1. The van der Waals surface area contributed by atoms with Gasteiger partial charge in [-0.1, -0.05) is 44.5 Å².